The molecule has 2 heterocycles. The summed E-state index contributed by atoms with van der Waals surface area (Å²) < 4.78 is 11.1. The fourth-order valence-corrected chi connectivity index (χ4v) is 5.18. The number of H-pyrrole nitrogens is 1. The summed E-state index contributed by atoms with van der Waals surface area (Å²) in [4.78, 5) is 27.6. The van der Waals surface area contributed by atoms with E-state index in [2.05, 4.69) is 39.0 Å². The molecule has 2 amide bonds. The fraction of sp³-hybridized carbons (Fsp3) is 0.156. The lowest BCUT2D eigenvalue weighted by Gasteiger charge is -2.22. The topological polar surface area (TPSA) is 109 Å². The van der Waals surface area contributed by atoms with Crippen molar-refractivity contribution in [2.75, 3.05) is 17.2 Å². The van der Waals surface area contributed by atoms with Crippen LogP contribution in [0, 0.1) is 6.92 Å². The molecular weight excluding hydrogens is 504 g/mol. The molecule has 0 bridgehead atoms. The first-order chi connectivity index (χ1) is 19.5. The number of nitrogens with zero attached hydrogens (tertiary/aromatic N) is 1. The van der Waals surface area contributed by atoms with Gasteiger partial charge < -0.3 is 15.4 Å². The van der Waals surface area contributed by atoms with Crippen LogP contribution in [0.15, 0.2) is 100 Å². The Kier molecular flexibility index (Phi) is 6.89. The summed E-state index contributed by atoms with van der Waals surface area (Å²) >= 11 is 0. The Labute approximate surface area is 231 Å². The normalized spacial score (nSPS) is 14.5. The minimum Gasteiger partial charge on any atom is -0.491 e. The molecule has 4 aromatic carbocycles. The molecule has 1 aliphatic heterocycles. The van der Waals surface area contributed by atoms with Gasteiger partial charge in [-0.3, -0.25) is 9.51 Å². The largest absolute Gasteiger partial charge is 0.491 e. The van der Waals surface area contributed by atoms with E-state index in [9.17, 15) is 9.59 Å². The van der Waals surface area contributed by atoms with E-state index in [4.69, 9.17) is 9.26 Å². The summed E-state index contributed by atoms with van der Waals surface area (Å²) in [7, 11) is 0. The molecule has 0 aliphatic carbocycles. The minimum absolute atomic E-state index is 0.0679. The Morgan fingerprint density at radius 2 is 1.68 bits per heavy atom. The molecule has 8 nitrogen and oxygen atoms in total. The highest BCUT2D eigenvalue weighted by atomic mass is 16.5. The number of amides is 2. The fourth-order valence-electron chi connectivity index (χ4n) is 5.18. The predicted molar refractivity (Wildman–Crippen MR) is 155 cm³/mol. The Morgan fingerprint density at radius 1 is 0.925 bits per heavy atom. The number of fused-ring (bicyclic) bond motifs is 1. The van der Waals surface area contributed by atoms with Gasteiger partial charge in [-0.2, -0.15) is 0 Å². The molecule has 1 unspecified atom stereocenters. The smallest absolute Gasteiger partial charge is 0.439 e. The molecule has 1 atom stereocenters. The molecule has 6 rings (SSSR count). The second-order valence-electron chi connectivity index (χ2n) is 9.83. The monoisotopic (exact) mass is 532 g/mol. The average molecular weight is 533 g/mol. The number of nitrogens with one attached hydrogen (secondary N) is 3. The van der Waals surface area contributed by atoms with Crippen molar-refractivity contribution in [3.05, 3.63) is 118 Å². The molecule has 3 N–H and O–H groups in total. The number of ether oxygens (including phenoxy) is 1. The summed E-state index contributed by atoms with van der Waals surface area (Å²) in [5.74, 6) is 0.428. The summed E-state index contributed by atoms with van der Waals surface area (Å²) in [5.41, 5.74) is 6.89. The number of hydrogen-bond donors (Lipinski definition) is 3. The minimum atomic E-state index is -0.626. The number of urea groups is 1. The maximum absolute atomic E-state index is 13.2. The zero-order valence-corrected chi connectivity index (χ0v) is 21.9. The number of aromatic nitrogens is 2. The predicted octanol–water partition coefficient (Wildman–Crippen LogP) is 6.95. The maximum Gasteiger partial charge on any atom is 0.439 e. The molecule has 0 saturated carbocycles. The van der Waals surface area contributed by atoms with Crippen molar-refractivity contribution in [1.29, 1.82) is 0 Å². The molecule has 40 heavy (non-hydrogen) atoms. The quantitative estimate of drug-likeness (QED) is 0.227. The van der Waals surface area contributed by atoms with Crippen molar-refractivity contribution in [1.82, 2.24) is 10.1 Å². The molecule has 1 aromatic heterocycles. The summed E-state index contributed by atoms with van der Waals surface area (Å²) in [5, 5.41) is 9.87. The summed E-state index contributed by atoms with van der Waals surface area (Å²) in [6, 6.07) is 29.2. The van der Waals surface area contributed by atoms with E-state index < -0.39 is 5.76 Å². The third kappa shape index (κ3) is 5.24. The second-order valence-corrected chi connectivity index (χ2v) is 9.83. The lowest BCUT2D eigenvalue weighted by atomic mass is 9.85. The van der Waals surface area contributed by atoms with Gasteiger partial charge in [-0.15, -0.1) is 0 Å². The van der Waals surface area contributed by atoms with Crippen molar-refractivity contribution in [2.24, 2.45) is 0 Å². The zero-order valence-electron chi connectivity index (χ0n) is 21.9. The van der Waals surface area contributed by atoms with Crippen LogP contribution in [-0.4, -0.2) is 22.8 Å². The molecular formula is C32H28N4O4. The van der Waals surface area contributed by atoms with Gasteiger partial charge in [0.05, 0.1) is 12.3 Å². The molecule has 200 valence electrons. The van der Waals surface area contributed by atoms with E-state index in [1.807, 2.05) is 79.7 Å². The number of anilines is 2. The van der Waals surface area contributed by atoms with Gasteiger partial charge >= 0.3 is 11.8 Å². The van der Waals surface area contributed by atoms with Gasteiger partial charge in [-0.25, -0.2) is 9.59 Å². The molecule has 0 radical (unpaired) electrons. The molecule has 1 aliphatic rings. The van der Waals surface area contributed by atoms with E-state index in [0.29, 0.717) is 35.1 Å². The number of carbonyl (C=O) groups excluding carboxylic acids is 1. The molecule has 0 fully saturated rings. The third-order valence-corrected chi connectivity index (χ3v) is 7.07. The van der Waals surface area contributed by atoms with E-state index in [1.165, 1.54) is 5.56 Å². The zero-order chi connectivity index (χ0) is 27.5. The van der Waals surface area contributed by atoms with Crippen molar-refractivity contribution < 1.29 is 14.1 Å². The summed E-state index contributed by atoms with van der Waals surface area (Å²) in [6.07, 6.45) is 1.77. The lowest BCUT2D eigenvalue weighted by molar-refractivity contribution is 0.262. The highest BCUT2D eigenvalue weighted by Gasteiger charge is 2.26. The van der Waals surface area contributed by atoms with Crippen molar-refractivity contribution >= 4 is 17.4 Å². The Bertz CT molecular complexity index is 1710. The van der Waals surface area contributed by atoms with Crippen LogP contribution in [0.5, 0.6) is 5.75 Å². The number of rotatable bonds is 5. The molecule has 0 spiro atoms. The van der Waals surface area contributed by atoms with Crippen LogP contribution >= 0.6 is 0 Å². The Balaban J connectivity index is 1.48. The average Bonchev–Trinajstić information content (AvgIpc) is 3.29. The van der Waals surface area contributed by atoms with Gasteiger partial charge in [-0.05, 0) is 60.7 Å². The highest BCUT2D eigenvalue weighted by molar-refractivity contribution is 6.01. The first-order valence-electron chi connectivity index (χ1n) is 13.2. The standard InChI is InChI=1S/C32H28N4O4/c1-20-13-15-23(16-14-20)33-31(37)34-28-19-22(25-10-5-6-11-26(25)30-35-32(38)40-36-30)18-27-24(12-7-17-39-29(27)28)21-8-3-2-4-9-21/h2-6,8-11,13-16,18-19,24H,7,12,17H2,1H3,(H2,33,34,37)(H,35,36,38). The van der Waals surface area contributed by atoms with Crippen molar-refractivity contribution in [3.63, 3.8) is 0 Å². The van der Waals surface area contributed by atoms with Crippen LogP contribution in [0.2, 0.25) is 0 Å². The number of aromatic amines is 1. The van der Waals surface area contributed by atoms with Crippen LogP contribution in [0.25, 0.3) is 22.5 Å². The number of aryl methyl sites for hydroxylation is 1. The Hall–Kier alpha value is -5.11. The van der Waals surface area contributed by atoms with Gasteiger partial charge in [0.1, 0.15) is 5.75 Å². The first kappa shape index (κ1) is 25.2. The highest BCUT2D eigenvalue weighted by Crippen LogP contribution is 2.45. The van der Waals surface area contributed by atoms with Crippen molar-refractivity contribution in [2.45, 2.75) is 25.7 Å². The first-order valence-corrected chi connectivity index (χ1v) is 13.2. The van der Waals surface area contributed by atoms with E-state index >= 15 is 0 Å². The van der Waals surface area contributed by atoms with Gasteiger partial charge in [0.25, 0.3) is 0 Å². The van der Waals surface area contributed by atoms with Crippen molar-refractivity contribution in [3.8, 4) is 28.3 Å². The van der Waals surface area contributed by atoms with Crippen LogP contribution in [0.1, 0.15) is 35.4 Å². The van der Waals surface area contributed by atoms with E-state index in [0.717, 1.165) is 35.1 Å². The van der Waals surface area contributed by atoms with Gasteiger partial charge in [-0.1, -0.05) is 77.5 Å². The maximum atomic E-state index is 13.2. The van der Waals surface area contributed by atoms with E-state index in [1.54, 1.807) is 0 Å². The third-order valence-electron chi connectivity index (χ3n) is 7.07. The molecule has 5 aromatic rings. The number of carbonyl (C=O) groups is 1. The Morgan fingerprint density at radius 3 is 2.42 bits per heavy atom. The second kappa shape index (κ2) is 10.9. The van der Waals surface area contributed by atoms with Crippen LogP contribution in [0.4, 0.5) is 16.2 Å². The summed E-state index contributed by atoms with van der Waals surface area (Å²) in [6.45, 7) is 2.54. The van der Waals surface area contributed by atoms with Crippen LogP contribution in [-0.2, 0) is 0 Å². The van der Waals surface area contributed by atoms with Gasteiger partial charge in [0.15, 0.2) is 5.82 Å². The number of hydrogen-bond acceptors (Lipinski definition) is 5. The molecule has 8 heteroatoms. The van der Waals surface area contributed by atoms with Crippen LogP contribution in [0.3, 0.4) is 0 Å². The van der Waals surface area contributed by atoms with Gasteiger partial charge in [0, 0.05) is 22.7 Å². The number of benzene rings is 4. The SMILES string of the molecule is Cc1ccc(NC(=O)Nc2cc(-c3ccccc3-c3noc(=O)[nH]3)cc3c2OCCCC3c2ccccc2)cc1. The van der Waals surface area contributed by atoms with Gasteiger partial charge in [0.2, 0.25) is 0 Å². The lowest BCUT2D eigenvalue weighted by Crippen LogP contribution is -2.20. The van der Waals surface area contributed by atoms with Crippen LogP contribution < -0.4 is 21.1 Å². The molecule has 0 saturated heterocycles. The van der Waals surface area contributed by atoms with E-state index in [-0.39, 0.29) is 11.9 Å².